The molecule has 3 heteroatoms. The minimum Gasteiger partial charge on any atom is -0.508 e. The van der Waals surface area contributed by atoms with E-state index in [1.165, 1.54) is 0 Å². The third kappa shape index (κ3) is 3.99. The van der Waals surface area contributed by atoms with Crippen molar-refractivity contribution in [2.45, 2.75) is 19.6 Å². The Morgan fingerprint density at radius 1 is 1.21 bits per heavy atom. The number of rotatable bonds is 0. The highest BCUT2D eigenvalue weighted by Gasteiger charge is 2.07. The van der Waals surface area contributed by atoms with Gasteiger partial charge in [0.15, 0.2) is 0 Å². The highest BCUT2D eigenvalue weighted by Crippen LogP contribution is 2.19. The lowest BCUT2D eigenvalue weighted by atomic mass is 10.2. The van der Waals surface area contributed by atoms with Gasteiger partial charge in [-0.3, -0.25) is 0 Å². The fourth-order valence-electron chi connectivity index (χ4n) is 0.906. The van der Waals surface area contributed by atoms with E-state index in [-0.39, 0.29) is 5.75 Å². The Kier molecular flexibility index (Phi) is 3.41. The summed E-state index contributed by atoms with van der Waals surface area (Å²) in [4.78, 5) is 0. The van der Waals surface area contributed by atoms with E-state index < -0.39 is 8.07 Å². The molecule has 0 amide bonds. The predicted octanol–water partition coefficient (Wildman–Crippen LogP) is 3.38. The van der Waals surface area contributed by atoms with E-state index in [2.05, 4.69) is 47.0 Å². The molecule has 14 heavy (non-hydrogen) atoms. The Labute approximate surface area is 94.3 Å². The summed E-state index contributed by atoms with van der Waals surface area (Å²) in [5.74, 6) is 3.34. The zero-order valence-corrected chi connectivity index (χ0v) is 11.1. The lowest BCUT2D eigenvalue weighted by Gasteiger charge is -2.03. The maximum absolute atomic E-state index is 9.34. The van der Waals surface area contributed by atoms with Crippen LogP contribution in [0.1, 0.15) is 5.56 Å². The summed E-state index contributed by atoms with van der Waals surface area (Å²) in [6.07, 6.45) is 0. The van der Waals surface area contributed by atoms with E-state index in [1.807, 2.05) is 6.07 Å². The molecule has 0 heterocycles. The van der Waals surface area contributed by atoms with E-state index in [0.717, 1.165) is 10.0 Å². The topological polar surface area (TPSA) is 20.2 Å². The first-order chi connectivity index (χ1) is 6.37. The van der Waals surface area contributed by atoms with Gasteiger partial charge in [0.2, 0.25) is 0 Å². The first-order valence-corrected chi connectivity index (χ1v) is 8.69. The van der Waals surface area contributed by atoms with Crippen LogP contribution >= 0.6 is 15.9 Å². The van der Waals surface area contributed by atoms with Gasteiger partial charge in [0.25, 0.3) is 0 Å². The van der Waals surface area contributed by atoms with Crippen LogP contribution in [0.2, 0.25) is 19.6 Å². The van der Waals surface area contributed by atoms with E-state index >= 15 is 0 Å². The molecule has 0 atom stereocenters. The van der Waals surface area contributed by atoms with Crippen molar-refractivity contribution in [3.63, 3.8) is 0 Å². The second-order valence-corrected chi connectivity index (χ2v) is 9.86. The van der Waals surface area contributed by atoms with Gasteiger partial charge in [-0.15, -0.1) is 5.54 Å². The molecular formula is C11H13BrOSi. The van der Waals surface area contributed by atoms with Crippen LogP contribution in [0.4, 0.5) is 0 Å². The average molecular weight is 269 g/mol. The summed E-state index contributed by atoms with van der Waals surface area (Å²) in [5.41, 5.74) is 4.11. The van der Waals surface area contributed by atoms with E-state index in [4.69, 9.17) is 0 Å². The normalized spacial score (nSPS) is 10.6. The molecule has 0 aliphatic heterocycles. The van der Waals surface area contributed by atoms with Crippen LogP contribution in [-0.2, 0) is 0 Å². The summed E-state index contributed by atoms with van der Waals surface area (Å²) in [6, 6.07) is 5.24. The summed E-state index contributed by atoms with van der Waals surface area (Å²) >= 11 is 3.32. The first kappa shape index (κ1) is 11.4. The molecule has 0 spiro atoms. The van der Waals surface area contributed by atoms with E-state index in [9.17, 15) is 5.11 Å². The van der Waals surface area contributed by atoms with Crippen LogP contribution in [-0.4, -0.2) is 13.2 Å². The molecule has 1 N–H and O–H groups in total. The van der Waals surface area contributed by atoms with Crippen LogP contribution < -0.4 is 0 Å². The second-order valence-electron chi connectivity index (χ2n) is 4.20. The number of aromatic hydroxyl groups is 1. The smallest absolute Gasteiger partial charge is 0.129 e. The molecule has 0 bridgehead atoms. The highest BCUT2D eigenvalue weighted by molar-refractivity contribution is 9.10. The van der Waals surface area contributed by atoms with Gasteiger partial charge in [0.05, 0.1) is 0 Å². The molecule has 0 radical (unpaired) electrons. The fraction of sp³-hybridized carbons (Fsp3) is 0.273. The number of benzene rings is 1. The first-order valence-electron chi connectivity index (χ1n) is 4.39. The standard InChI is InChI=1S/C11H13BrOSi/c1-14(2,3)5-4-9-6-10(12)8-11(13)7-9/h6-8,13H,1-3H3. The number of hydrogen-bond donors (Lipinski definition) is 1. The Morgan fingerprint density at radius 2 is 1.86 bits per heavy atom. The van der Waals surface area contributed by atoms with Gasteiger partial charge in [0, 0.05) is 10.0 Å². The van der Waals surface area contributed by atoms with Crippen molar-refractivity contribution in [3.8, 4) is 17.2 Å². The Hall–Kier alpha value is -0.723. The van der Waals surface area contributed by atoms with Crippen LogP contribution in [0.25, 0.3) is 0 Å². The molecule has 0 aromatic heterocycles. The molecular weight excluding hydrogens is 256 g/mol. The average Bonchev–Trinajstić information content (AvgIpc) is 1.97. The number of hydrogen-bond acceptors (Lipinski definition) is 1. The maximum Gasteiger partial charge on any atom is 0.129 e. The lowest BCUT2D eigenvalue weighted by molar-refractivity contribution is 0.475. The molecule has 0 saturated carbocycles. The fourth-order valence-corrected chi connectivity index (χ4v) is 1.91. The molecule has 74 valence electrons. The van der Waals surface area contributed by atoms with Gasteiger partial charge in [-0.05, 0) is 18.2 Å². The zero-order valence-electron chi connectivity index (χ0n) is 8.56. The van der Waals surface area contributed by atoms with Gasteiger partial charge < -0.3 is 5.11 Å². The molecule has 0 aliphatic rings. The van der Waals surface area contributed by atoms with Crippen molar-refractivity contribution in [2.75, 3.05) is 0 Å². The Bertz CT molecular complexity index is 376. The lowest BCUT2D eigenvalue weighted by Crippen LogP contribution is -2.16. The molecule has 1 rings (SSSR count). The summed E-state index contributed by atoms with van der Waals surface area (Å²) in [6.45, 7) is 6.58. The summed E-state index contributed by atoms with van der Waals surface area (Å²) in [7, 11) is -1.33. The minimum absolute atomic E-state index is 0.249. The number of phenolic OH excluding ortho intramolecular Hbond substituents is 1. The summed E-state index contributed by atoms with van der Waals surface area (Å²) in [5, 5.41) is 9.34. The molecule has 1 aromatic carbocycles. The third-order valence-corrected chi connectivity index (χ3v) is 2.80. The second kappa shape index (κ2) is 4.20. The molecule has 0 aliphatic carbocycles. The molecule has 1 aromatic rings. The van der Waals surface area contributed by atoms with Crippen molar-refractivity contribution >= 4 is 24.0 Å². The number of phenols is 1. The van der Waals surface area contributed by atoms with Crippen LogP contribution in [0, 0.1) is 11.5 Å². The number of halogens is 1. The van der Waals surface area contributed by atoms with Crippen molar-refractivity contribution in [3.05, 3.63) is 28.2 Å². The minimum atomic E-state index is -1.33. The summed E-state index contributed by atoms with van der Waals surface area (Å²) < 4.78 is 0.859. The van der Waals surface area contributed by atoms with Crippen molar-refractivity contribution in [1.82, 2.24) is 0 Å². The Morgan fingerprint density at radius 3 is 2.36 bits per heavy atom. The van der Waals surface area contributed by atoms with Crippen LogP contribution in [0.15, 0.2) is 22.7 Å². The molecule has 0 fully saturated rings. The SMILES string of the molecule is C[Si](C)(C)C#Cc1cc(O)cc(Br)c1. The van der Waals surface area contributed by atoms with E-state index in [0.29, 0.717) is 0 Å². The van der Waals surface area contributed by atoms with Gasteiger partial charge in [0.1, 0.15) is 13.8 Å². The maximum atomic E-state index is 9.34. The largest absolute Gasteiger partial charge is 0.508 e. The monoisotopic (exact) mass is 268 g/mol. The van der Waals surface area contributed by atoms with Crippen LogP contribution in [0.5, 0.6) is 5.75 Å². The van der Waals surface area contributed by atoms with Gasteiger partial charge in [-0.1, -0.05) is 41.5 Å². The molecule has 1 nitrogen and oxygen atoms in total. The van der Waals surface area contributed by atoms with Crippen molar-refractivity contribution < 1.29 is 5.11 Å². The molecule has 0 unspecified atom stereocenters. The van der Waals surface area contributed by atoms with Gasteiger partial charge >= 0.3 is 0 Å². The highest BCUT2D eigenvalue weighted by atomic mass is 79.9. The predicted molar refractivity (Wildman–Crippen MR) is 66.0 cm³/mol. The third-order valence-electron chi connectivity index (χ3n) is 1.46. The molecule has 0 saturated heterocycles. The van der Waals surface area contributed by atoms with E-state index in [1.54, 1.807) is 12.1 Å². The quantitative estimate of drug-likeness (QED) is 0.565. The zero-order chi connectivity index (χ0) is 10.8. The van der Waals surface area contributed by atoms with Gasteiger partial charge in [-0.2, -0.15) is 0 Å². The van der Waals surface area contributed by atoms with Crippen LogP contribution in [0.3, 0.4) is 0 Å². The van der Waals surface area contributed by atoms with Crippen molar-refractivity contribution in [2.24, 2.45) is 0 Å². The Balaban J connectivity index is 3.02. The van der Waals surface area contributed by atoms with Gasteiger partial charge in [-0.25, -0.2) is 0 Å². The van der Waals surface area contributed by atoms with Crippen molar-refractivity contribution in [1.29, 1.82) is 0 Å².